The fourth-order valence-electron chi connectivity index (χ4n) is 4.36. The number of benzene rings is 1. The fourth-order valence-corrected chi connectivity index (χ4v) is 4.36. The Bertz CT molecular complexity index is 976. The summed E-state index contributed by atoms with van der Waals surface area (Å²) >= 11 is 0. The molecule has 0 saturated carbocycles. The summed E-state index contributed by atoms with van der Waals surface area (Å²) in [4.78, 5) is 15.0. The molecule has 0 aliphatic carbocycles. The van der Waals surface area contributed by atoms with E-state index in [1.165, 1.54) is 5.56 Å². The van der Waals surface area contributed by atoms with Crippen LogP contribution in [0.1, 0.15) is 52.8 Å². The zero-order valence-corrected chi connectivity index (χ0v) is 15.9. The van der Waals surface area contributed by atoms with Crippen molar-refractivity contribution in [2.24, 2.45) is 0 Å². The van der Waals surface area contributed by atoms with Crippen molar-refractivity contribution in [1.29, 1.82) is 0 Å². The molecule has 5 rings (SSSR count). The number of hydrogen-bond acceptors (Lipinski definition) is 4. The molecular weight excluding hydrogens is 352 g/mol. The molecule has 144 valence electrons. The van der Waals surface area contributed by atoms with Crippen LogP contribution in [0.25, 0.3) is 0 Å². The Hall–Kier alpha value is -2.96. The minimum atomic E-state index is 0.0603. The molecule has 0 unspecified atom stereocenters. The Labute approximate surface area is 164 Å². The molecule has 1 saturated heterocycles. The second-order valence-corrected chi connectivity index (χ2v) is 7.73. The maximum absolute atomic E-state index is 13.0. The maximum atomic E-state index is 13.0. The van der Waals surface area contributed by atoms with Crippen LogP contribution in [0.5, 0.6) is 0 Å². The van der Waals surface area contributed by atoms with E-state index in [1.807, 2.05) is 34.0 Å². The molecule has 0 bridgehead atoms. The summed E-state index contributed by atoms with van der Waals surface area (Å²) in [5, 5.41) is 13.2. The van der Waals surface area contributed by atoms with Gasteiger partial charge in [-0.3, -0.25) is 9.48 Å². The highest BCUT2D eigenvalue weighted by atomic mass is 16.2. The molecule has 1 atom stereocenters. The summed E-state index contributed by atoms with van der Waals surface area (Å²) in [6.45, 7) is 3.18. The van der Waals surface area contributed by atoms with Crippen molar-refractivity contribution in [1.82, 2.24) is 29.4 Å². The van der Waals surface area contributed by atoms with Crippen LogP contribution in [0.3, 0.4) is 0 Å². The van der Waals surface area contributed by atoms with Gasteiger partial charge in [0.05, 0.1) is 18.3 Å². The minimum Gasteiger partial charge on any atom is -0.338 e. The first-order valence-corrected chi connectivity index (χ1v) is 10.1. The van der Waals surface area contributed by atoms with Gasteiger partial charge >= 0.3 is 0 Å². The molecule has 7 nitrogen and oxygen atoms in total. The molecule has 2 aliphatic heterocycles. The van der Waals surface area contributed by atoms with Crippen molar-refractivity contribution in [3.05, 3.63) is 65.5 Å². The van der Waals surface area contributed by atoms with E-state index >= 15 is 0 Å². The third-order valence-corrected chi connectivity index (χ3v) is 5.78. The Balaban J connectivity index is 1.29. The van der Waals surface area contributed by atoms with E-state index in [9.17, 15) is 4.79 Å². The van der Waals surface area contributed by atoms with Gasteiger partial charge in [0.15, 0.2) is 0 Å². The lowest BCUT2D eigenvalue weighted by atomic mass is 9.96. The van der Waals surface area contributed by atoms with Crippen molar-refractivity contribution in [3.8, 4) is 0 Å². The van der Waals surface area contributed by atoms with Gasteiger partial charge in [0.1, 0.15) is 11.6 Å². The van der Waals surface area contributed by atoms with Crippen LogP contribution in [-0.4, -0.2) is 48.4 Å². The molecule has 0 radical (unpaired) electrons. The molecule has 1 fully saturated rings. The molecule has 28 heavy (non-hydrogen) atoms. The summed E-state index contributed by atoms with van der Waals surface area (Å²) in [5.41, 5.74) is 1.83. The number of piperidine rings is 1. The summed E-state index contributed by atoms with van der Waals surface area (Å²) in [5.74, 6) is 2.49. The van der Waals surface area contributed by atoms with Gasteiger partial charge in [-0.05, 0) is 24.8 Å². The number of aryl methyl sites for hydroxylation is 1. The van der Waals surface area contributed by atoms with Crippen LogP contribution in [0, 0.1) is 0 Å². The SMILES string of the molecule is O=C(c1cnn(Cc2ccccc2)c1)N1CCC[C@H](c2nnc3n2CCC3)C1. The quantitative estimate of drug-likeness (QED) is 0.702. The van der Waals surface area contributed by atoms with Crippen molar-refractivity contribution < 1.29 is 4.79 Å². The molecule has 0 spiro atoms. The first kappa shape index (κ1) is 17.2. The van der Waals surface area contributed by atoms with Gasteiger partial charge in [0.2, 0.25) is 0 Å². The lowest BCUT2D eigenvalue weighted by molar-refractivity contribution is 0.0703. The number of aromatic nitrogens is 5. The Morgan fingerprint density at radius 1 is 1.11 bits per heavy atom. The van der Waals surface area contributed by atoms with Crippen molar-refractivity contribution in [3.63, 3.8) is 0 Å². The third kappa shape index (κ3) is 3.21. The van der Waals surface area contributed by atoms with Crippen LogP contribution in [0.15, 0.2) is 42.7 Å². The second kappa shape index (κ2) is 7.22. The van der Waals surface area contributed by atoms with E-state index in [0.717, 1.165) is 50.4 Å². The lowest BCUT2D eigenvalue weighted by Gasteiger charge is -2.32. The van der Waals surface area contributed by atoms with Gasteiger partial charge in [0.25, 0.3) is 5.91 Å². The number of carbonyl (C=O) groups is 1. The highest BCUT2D eigenvalue weighted by Crippen LogP contribution is 2.29. The molecule has 7 heteroatoms. The van der Waals surface area contributed by atoms with E-state index in [1.54, 1.807) is 6.20 Å². The monoisotopic (exact) mass is 376 g/mol. The first-order chi connectivity index (χ1) is 13.8. The number of rotatable bonds is 4. The maximum Gasteiger partial charge on any atom is 0.257 e. The molecule has 1 amide bonds. The van der Waals surface area contributed by atoms with E-state index in [4.69, 9.17) is 0 Å². The summed E-state index contributed by atoms with van der Waals surface area (Å²) < 4.78 is 4.09. The normalized spacial score (nSPS) is 19.0. The topological polar surface area (TPSA) is 68.8 Å². The number of hydrogen-bond donors (Lipinski definition) is 0. The average Bonchev–Trinajstić information content (AvgIpc) is 3.45. The largest absolute Gasteiger partial charge is 0.338 e. The van der Waals surface area contributed by atoms with Crippen LogP contribution in [-0.2, 0) is 19.5 Å². The Kier molecular flexibility index (Phi) is 4.43. The van der Waals surface area contributed by atoms with Gasteiger partial charge < -0.3 is 9.47 Å². The molecule has 4 heterocycles. The van der Waals surface area contributed by atoms with E-state index in [-0.39, 0.29) is 11.8 Å². The van der Waals surface area contributed by atoms with E-state index in [2.05, 4.69) is 32.0 Å². The van der Waals surface area contributed by atoms with Gasteiger partial charge in [-0.2, -0.15) is 5.10 Å². The number of carbonyl (C=O) groups excluding carboxylic acids is 1. The van der Waals surface area contributed by atoms with Crippen LogP contribution in [0.2, 0.25) is 0 Å². The standard InChI is InChI=1S/C21H24N6O/c28-21(18-12-22-26(15-18)13-16-6-2-1-3-7-16)25-10-4-8-17(14-25)20-24-23-19-9-5-11-27(19)20/h1-3,6-7,12,15,17H,4-5,8-11,13-14H2/t17-/m0/s1. The van der Waals surface area contributed by atoms with Gasteiger partial charge in [-0.15, -0.1) is 10.2 Å². The highest BCUT2D eigenvalue weighted by Gasteiger charge is 2.30. The number of likely N-dealkylation sites (tertiary alicyclic amines) is 1. The van der Waals surface area contributed by atoms with Crippen molar-refractivity contribution in [2.45, 2.75) is 44.7 Å². The number of amides is 1. The van der Waals surface area contributed by atoms with Crippen molar-refractivity contribution >= 4 is 5.91 Å². The molecule has 3 aromatic rings. The number of nitrogens with zero attached hydrogens (tertiary/aromatic N) is 6. The molecule has 1 aromatic carbocycles. The van der Waals surface area contributed by atoms with Crippen LogP contribution >= 0.6 is 0 Å². The third-order valence-electron chi connectivity index (χ3n) is 5.78. The van der Waals surface area contributed by atoms with Crippen molar-refractivity contribution in [2.75, 3.05) is 13.1 Å². The van der Waals surface area contributed by atoms with E-state index in [0.29, 0.717) is 18.7 Å². The molecule has 2 aromatic heterocycles. The number of fused-ring (bicyclic) bond motifs is 1. The Morgan fingerprint density at radius 3 is 2.89 bits per heavy atom. The van der Waals surface area contributed by atoms with Gasteiger partial charge in [0, 0.05) is 38.2 Å². The zero-order valence-electron chi connectivity index (χ0n) is 15.9. The molecule has 2 aliphatic rings. The zero-order chi connectivity index (χ0) is 18.9. The lowest BCUT2D eigenvalue weighted by Crippen LogP contribution is -2.39. The smallest absolute Gasteiger partial charge is 0.257 e. The van der Waals surface area contributed by atoms with Gasteiger partial charge in [-0.25, -0.2) is 0 Å². The first-order valence-electron chi connectivity index (χ1n) is 10.1. The predicted molar refractivity (Wildman–Crippen MR) is 104 cm³/mol. The Morgan fingerprint density at radius 2 is 2.00 bits per heavy atom. The fraction of sp³-hybridized carbons (Fsp3) is 0.429. The predicted octanol–water partition coefficient (Wildman–Crippen LogP) is 2.49. The summed E-state index contributed by atoms with van der Waals surface area (Å²) in [6, 6.07) is 10.2. The summed E-state index contributed by atoms with van der Waals surface area (Å²) in [6.07, 6.45) is 7.76. The molecule has 0 N–H and O–H groups in total. The van der Waals surface area contributed by atoms with Crippen LogP contribution < -0.4 is 0 Å². The highest BCUT2D eigenvalue weighted by molar-refractivity contribution is 5.93. The molecular formula is C21H24N6O. The van der Waals surface area contributed by atoms with E-state index < -0.39 is 0 Å². The summed E-state index contributed by atoms with van der Waals surface area (Å²) in [7, 11) is 0. The van der Waals surface area contributed by atoms with Crippen LogP contribution in [0.4, 0.5) is 0 Å². The second-order valence-electron chi connectivity index (χ2n) is 7.73. The van der Waals surface area contributed by atoms with Gasteiger partial charge in [-0.1, -0.05) is 30.3 Å². The minimum absolute atomic E-state index is 0.0603. The average molecular weight is 376 g/mol.